The van der Waals surface area contributed by atoms with Crippen LogP contribution >= 0.6 is 0 Å². The Hall–Kier alpha value is -2.64. The molecular weight excluding hydrogens is 336 g/mol. The Balaban J connectivity index is 0.00000114. The van der Waals surface area contributed by atoms with E-state index in [1.54, 1.807) is 0 Å². The Morgan fingerprint density at radius 2 is 1.56 bits per heavy atom. The molecule has 0 fully saturated rings. The summed E-state index contributed by atoms with van der Waals surface area (Å²) in [7, 11) is 0. The first kappa shape index (κ1) is 22.4. The summed E-state index contributed by atoms with van der Waals surface area (Å²) < 4.78 is 5.85. The van der Waals surface area contributed by atoms with E-state index in [9.17, 15) is 0 Å². The summed E-state index contributed by atoms with van der Waals surface area (Å²) in [5.41, 5.74) is 4.26. The Bertz CT molecular complexity index is 731. The molecule has 0 radical (unpaired) electrons. The summed E-state index contributed by atoms with van der Waals surface area (Å²) in [6, 6.07) is 18.8. The summed E-state index contributed by atoms with van der Waals surface area (Å²) in [5, 5.41) is 0. The lowest BCUT2D eigenvalue weighted by atomic mass is 9.85. The molecule has 0 N–H and O–H groups in total. The maximum Gasteiger partial charge on any atom is 0.373 e. The molecule has 0 unspecified atom stereocenters. The third-order valence-corrected chi connectivity index (χ3v) is 4.45. The molecule has 0 aromatic heterocycles. The molecule has 27 heavy (non-hydrogen) atoms. The van der Waals surface area contributed by atoms with Gasteiger partial charge in [0.05, 0.1) is 0 Å². The second-order valence-electron chi connectivity index (χ2n) is 7.78. The third-order valence-electron chi connectivity index (χ3n) is 4.45. The fourth-order valence-electron chi connectivity index (χ4n) is 2.57. The van der Waals surface area contributed by atoms with E-state index in [-0.39, 0.29) is 11.6 Å². The maximum absolute atomic E-state index is 8.12. The van der Waals surface area contributed by atoms with Gasteiger partial charge in [0.15, 0.2) is 0 Å². The first-order valence-corrected chi connectivity index (χ1v) is 9.20. The highest BCUT2D eigenvalue weighted by Crippen LogP contribution is 2.26. The molecule has 2 rings (SSSR count). The van der Waals surface area contributed by atoms with Crippen LogP contribution in [0.25, 0.3) is 0 Å². The molecule has 0 aliphatic carbocycles. The van der Waals surface area contributed by atoms with Gasteiger partial charge in [-0.1, -0.05) is 81.8 Å². The highest BCUT2D eigenvalue weighted by Gasteiger charge is 2.13. The monoisotopic (exact) mass is 366 g/mol. The third kappa shape index (κ3) is 9.03. The average Bonchev–Trinajstić information content (AvgIpc) is 2.62. The molecule has 2 aromatic rings. The van der Waals surface area contributed by atoms with Gasteiger partial charge in [-0.25, -0.2) is 0 Å². The molecule has 0 amide bonds. The van der Waals surface area contributed by atoms with Crippen LogP contribution in [0, 0.1) is 11.3 Å². The number of allylic oxidation sites excluding steroid dienone is 2. The first-order valence-electron chi connectivity index (χ1n) is 9.20. The van der Waals surface area contributed by atoms with Crippen molar-refractivity contribution in [2.45, 2.75) is 47.6 Å². The molecule has 0 saturated heterocycles. The van der Waals surface area contributed by atoms with Crippen LogP contribution in [0.3, 0.4) is 0 Å². The van der Waals surface area contributed by atoms with Crippen molar-refractivity contribution in [3.05, 3.63) is 77.4 Å². The van der Waals surface area contributed by atoms with E-state index in [4.69, 9.17) is 14.3 Å². The van der Waals surface area contributed by atoms with Crippen molar-refractivity contribution in [3.63, 3.8) is 0 Å². The van der Waals surface area contributed by atoms with Crippen molar-refractivity contribution in [1.82, 2.24) is 0 Å². The fraction of sp³-hybridized carbons (Fsp3) is 0.375. The average molecular weight is 367 g/mol. The number of hydrogen-bond acceptors (Lipinski definition) is 3. The Labute approximate surface area is 163 Å². The lowest BCUT2D eigenvalue weighted by molar-refractivity contribution is -0.191. The molecule has 0 spiro atoms. The lowest BCUT2D eigenvalue weighted by Crippen LogP contribution is -2.08. The molecule has 144 valence electrons. The number of rotatable bonds is 6. The number of ether oxygens (including phenoxy) is 1. The summed E-state index contributed by atoms with van der Waals surface area (Å²) in [5.74, 6) is 1.47. The zero-order chi connectivity index (χ0) is 20.3. The molecular formula is C24H30O3. The number of carbonyl (C=O) groups excluding carboxylic acids is 2. The standard InChI is InChI=1S/C23H30O.CO2/c1-18(15-19(2)23(3,4)5)16-20-11-13-22(14-12-20)24-17-21-9-7-6-8-10-21;2-1-3/h6-15,18H,16-17H2,1-5H3;/b19-15-;/t18-;/m1./s1. The topological polar surface area (TPSA) is 43.4 Å². The summed E-state index contributed by atoms with van der Waals surface area (Å²) in [4.78, 5) is 16.2. The predicted octanol–water partition coefficient (Wildman–Crippen LogP) is 5.85. The van der Waals surface area contributed by atoms with Gasteiger partial charge in [0.2, 0.25) is 0 Å². The zero-order valence-electron chi connectivity index (χ0n) is 17.0. The quantitative estimate of drug-likeness (QED) is 0.602. The fourth-order valence-corrected chi connectivity index (χ4v) is 2.57. The number of hydrogen-bond donors (Lipinski definition) is 0. The van der Waals surface area contributed by atoms with E-state index < -0.39 is 0 Å². The highest BCUT2D eigenvalue weighted by molar-refractivity contribution is 5.28. The number of benzene rings is 2. The van der Waals surface area contributed by atoms with Crippen LogP contribution in [0.5, 0.6) is 5.75 Å². The van der Waals surface area contributed by atoms with Crippen molar-refractivity contribution < 1.29 is 14.3 Å². The van der Waals surface area contributed by atoms with Gasteiger partial charge >= 0.3 is 6.15 Å². The minimum Gasteiger partial charge on any atom is -0.489 e. The molecule has 3 heteroatoms. The van der Waals surface area contributed by atoms with Gasteiger partial charge in [0.25, 0.3) is 0 Å². The van der Waals surface area contributed by atoms with Crippen molar-refractivity contribution in [2.75, 3.05) is 0 Å². The van der Waals surface area contributed by atoms with Gasteiger partial charge in [0, 0.05) is 0 Å². The first-order chi connectivity index (χ1) is 12.8. The van der Waals surface area contributed by atoms with E-state index in [2.05, 4.69) is 77.1 Å². The van der Waals surface area contributed by atoms with Gasteiger partial charge in [-0.2, -0.15) is 9.59 Å². The Morgan fingerprint density at radius 1 is 1.00 bits per heavy atom. The van der Waals surface area contributed by atoms with Gasteiger partial charge in [0.1, 0.15) is 12.4 Å². The van der Waals surface area contributed by atoms with Gasteiger partial charge < -0.3 is 4.74 Å². The smallest absolute Gasteiger partial charge is 0.373 e. The molecule has 0 bridgehead atoms. The lowest BCUT2D eigenvalue weighted by Gasteiger charge is -2.21. The minimum absolute atomic E-state index is 0.250. The van der Waals surface area contributed by atoms with E-state index >= 15 is 0 Å². The summed E-state index contributed by atoms with van der Waals surface area (Å²) in [6.07, 6.45) is 3.71. The maximum atomic E-state index is 8.12. The van der Waals surface area contributed by atoms with E-state index in [1.165, 1.54) is 16.7 Å². The Morgan fingerprint density at radius 3 is 2.07 bits per heavy atom. The SMILES string of the molecule is C/C(=C/[C@@H](C)Cc1ccc(OCc2ccccc2)cc1)C(C)(C)C.O=C=O. The normalized spacial score (nSPS) is 12.4. The second kappa shape index (κ2) is 11.2. The van der Waals surface area contributed by atoms with Crippen LogP contribution in [0.4, 0.5) is 0 Å². The minimum atomic E-state index is 0.250. The van der Waals surface area contributed by atoms with Gasteiger partial charge in [-0.05, 0) is 47.9 Å². The molecule has 0 heterocycles. The van der Waals surface area contributed by atoms with Crippen LogP contribution in [-0.2, 0) is 22.6 Å². The predicted molar refractivity (Wildman–Crippen MR) is 108 cm³/mol. The summed E-state index contributed by atoms with van der Waals surface area (Å²) in [6.45, 7) is 11.9. The summed E-state index contributed by atoms with van der Waals surface area (Å²) >= 11 is 0. The van der Waals surface area contributed by atoms with Gasteiger partial charge in [-0.3, -0.25) is 0 Å². The van der Waals surface area contributed by atoms with Crippen LogP contribution in [0.1, 0.15) is 45.7 Å². The molecule has 0 aliphatic heterocycles. The molecule has 1 atom stereocenters. The molecule has 0 aliphatic rings. The molecule has 0 saturated carbocycles. The molecule has 3 nitrogen and oxygen atoms in total. The van der Waals surface area contributed by atoms with Crippen LogP contribution in [0.2, 0.25) is 0 Å². The largest absolute Gasteiger partial charge is 0.489 e. The van der Waals surface area contributed by atoms with Gasteiger partial charge in [-0.15, -0.1) is 0 Å². The van der Waals surface area contributed by atoms with Crippen LogP contribution in [0.15, 0.2) is 66.2 Å². The molecule has 2 aromatic carbocycles. The van der Waals surface area contributed by atoms with Crippen molar-refractivity contribution in [3.8, 4) is 5.75 Å². The Kier molecular flexibility index (Phi) is 9.25. The zero-order valence-corrected chi connectivity index (χ0v) is 17.0. The van der Waals surface area contributed by atoms with Crippen molar-refractivity contribution in [2.24, 2.45) is 11.3 Å². The second-order valence-corrected chi connectivity index (χ2v) is 7.78. The van der Waals surface area contributed by atoms with E-state index in [1.807, 2.05) is 18.2 Å². The van der Waals surface area contributed by atoms with E-state index in [0.717, 1.165) is 12.2 Å². The van der Waals surface area contributed by atoms with Crippen LogP contribution in [-0.4, -0.2) is 6.15 Å². The van der Waals surface area contributed by atoms with Crippen molar-refractivity contribution in [1.29, 1.82) is 0 Å². The van der Waals surface area contributed by atoms with Crippen LogP contribution < -0.4 is 4.74 Å². The van der Waals surface area contributed by atoms with Crippen molar-refractivity contribution >= 4 is 6.15 Å². The van der Waals surface area contributed by atoms with E-state index in [0.29, 0.717) is 12.5 Å². The highest BCUT2D eigenvalue weighted by atomic mass is 16.5.